The summed E-state index contributed by atoms with van der Waals surface area (Å²) in [6.07, 6.45) is -34.6. The van der Waals surface area contributed by atoms with Crippen molar-refractivity contribution in [2.24, 2.45) is 0 Å². The number of aliphatic hydroxyl groups is 13. The second-order valence-electron chi connectivity index (χ2n) is 11.7. The van der Waals surface area contributed by atoms with Gasteiger partial charge in [-0.15, -0.1) is 0 Å². The maximum atomic E-state index is 11.1. The van der Waals surface area contributed by atoms with Crippen molar-refractivity contribution in [3.63, 3.8) is 0 Å². The minimum atomic E-state index is -5.18. The molecule has 4 aliphatic heterocycles. The summed E-state index contributed by atoms with van der Waals surface area (Å²) in [6.45, 7) is -4.81. The third-order valence-corrected chi connectivity index (χ3v) is 8.95. The molecule has 0 aromatic heterocycles. The van der Waals surface area contributed by atoms with Crippen molar-refractivity contribution < 1.29 is 117 Å². The molecule has 0 saturated carbocycles. The first kappa shape index (κ1) is 40.8. The van der Waals surface area contributed by atoms with Crippen LogP contribution in [0, 0.1) is 0 Å². The van der Waals surface area contributed by atoms with Gasteiger partial charge in [-0.25, -0.2) is 4.18 Å². The van der Waals surface area contributed by atoms with Crippen LogP contribution in [-0.4, -0.2) is 229 Å². The predicted molar refractivity (Wildman–Crippen MR) is 144 cm³/mol. The van der Waals surface area contributed by atoms with Gasteiger partial charge in [0, 0.05) is 0 Å². The topological polar surface area (TPSA) is 391 Å². The van der Waals surface area contributed by atoms with Crippen molar-refractivity contribution in [3.05, 3.63) is 0 Å². The molecule has 25 heteroatoms. The van der Waals surface area contributed by atoms with E-state index in [2.05, 4.69) is 4.18 Å². The normalized spacial score (nSPS) is 49.7. The molecule has 19 atom stereocenters. The molecule has 0 amide bonds. The molecule has 0 spiro atoms. The standard InChI is InChI=1S/C24H42O24S/c25-1-6-10(29)14(33)19(23(42-6)47-24(5-28)20(37)12(31)7(2-26)46-24)45-22-16(35)13(32)11(30)9(44-22)4-41-21-17(36)15(34)18(8(3-27)43-21)48-49(38,39)40/h6-23,25-37H,1-5H2,(H,38,39,40)/t6-,7-,8-,9-,10-,11+,12-,13+,14+,15-,16-,17-,18+,19-,20+,21+,22-,23-,24+/m1/s1. The van der Waals surface area contributed by atoms with Crippen LogP contribution in [0.2, 0.25) is 0 Å². The zero-order chi connectivity index (χ0) is 36.6. The lowest BCUT2D eigenvalue weighted by atomic mass is 9.97. The molecule has 0 aromatic carbocycles. The van der Waals surface area contributed by atoms with Crippen LogP contribution in [0.5, 0.6) is 0 Å². The van der Waals surface area contributed by atoms with E-state index in [1.165, 1.54) is 0 Å². The van der Waals surface area contributed by atoms with Crippen LogP contribution < -0.4 is 0 Å². The predicted octanol–water partition coefficient (Wildman–Crippen LogP) is -9.92. The lowest BCUT2D eigenvalue weighted by molar-refractivity contribution is -0.409. The monoisotopic (exact) mass is 746 g/mol. The van der Waals surface area contributed by atoms with Crippen molar-refractivity contribution in [1.82, 2.24) is 0 Å². The van der Waals surface area contributed by atoms with Crippen LogP contribution in [0.3, 0.4) is 0 Å². The molecule has 4 aliphatic rings. The van der Waals surface area contributed by atoms with Gasteiger partial charge in [-0.3, -0.25) is 4.55 Å². The lowest BCUT2D eigenvalue weighted by Crippen LogP contribution is -2.66. The van der Waals surface area contributed by atoms with E-state index in [4.69, 9.17) is 37.7 Å². The molecular formula is C24H42O24S. The van der Waals surface area contributed by atoms with E-state index in [1.54, 1.807) is 0 Å². The minimum Gasteiger partial charge on any atom is -0.394 e. The Kier molecular flexibility index (Phi) is 13.7. The molecule has 4 saturated heterocycles. The average Bonchev–Trinajstić information content (AvgIpc) is 3.30. The van der Waals surface area contributed by atoms with Gasteiger partial charge < -0.3 is 99.5 Å². The minimum absolute atomic E-state index is 0.845. The summed E-state index contributed by atoms with van der Waals surface area (Å²) in [7, 11) is -5.18. The van der Waals surface area contributed by atoms with Crippen LogP contribution in [0.1, 0.15) is 0 Å². The second-order valence-corrected chi connectivity index (χ2v) is 12.8. The van der Waals surface area contributed by atoms with E-state index in [0.717, 1.165) is 0 Å². The van der Waals surface area contributed by atoms with Crippen LogP contribution >= 0.6 is 0 Å². The maximum Gasteiger partial charge on any atom is 0.397 e. The number of hydrogen-bond acceptors (Lipinski definition) is 23. The van der Waals surface area contributed by atoms with Gasteiger partial charge in [0.2, 0.25) is 5.79 Å². The van der Waals surface area contributed by atoms with E-state index in [-0.39, 0.29) is 0 Å². The van der Waals surface area contributed by atoms with Crippen LogP contribution in [0.15, 0.2) is 0 Å². The molecule has 0 aliphatic carbocycles. The summed E-state index contributed by atoms with van der Waals surface area (Å²) >= 11 is 0. The Hall–Kier alpha value is -0.930. The number of ether oxygens (including phenoxy) is 7. The Morgan fingerprint density at radius 2 is 1.10 bits per heavy atom. The molecule has 49 heavy (non-hydrogen) atoms. The molecule has 4 heterocycles. The smallest absolute Gasteiger partial charge is 0.394 e. The molecule has 0 aromatic rings. The van der Waals surface area contributed by atoms with Gasteiger partial charge in [0.15, 0.2) is 18.9 Å². The van der Waals surface area contributed by atoms with E-state index in [0.29, 0.717) is 0 Å². The third kappa shape index (κ3) is 8.50. The van der Waals surface area contributed by atoms with Crippen molar-refractivity contribution >= 4 is 10.4 Å². The lowest BCUT2D eigenvalue weighted by Gasteiger charge is -2.47. The highest BCUT2D eigenvalue weighted by molar-refractivity contribution is 7.80. The first-order chi connectivity index (χ1) is 22.9. The van der Waals surface area contributed by atoms with Crippen LogP contribution in [0.4, 0.5) is 0 Å². The maximum absolute atomic E-state index is 11.1. The van der Waals surface area contributed by atoms with E-state index < -0.39 is 160 Å². The third-order valence-electron chi connectivity index (χ3n) is 8.48. The first-order valence-electron chi connectivity index (χ1n) is 14.7. The number of hydrogen-bond donors (Lipinski definition) is 14. The molecule has 24 nitrogen and oxygen atoms in total. The second kappa shape index (κ2) is 16.4. The summed E-state index contributed by atoms with van der Waals surface area (Å²) in [6, 6.07) is 0. The van der Waals surface area contributed by atoms with Crippen molar-refractivity contribution in [2.75, 3.05) is 33.0 Å². The van der Waals surface area contributed by atoms with E-state index >= 15 is 0 Å². The summed E-state index contributed by atoms with van der Waals surface area (Å²) in [4.78, 5) is 0. The Balaban J connectivity index is 1.51. The summed E-state index contributed by atoms with van der Waals surface area (Å²) in [5, 5.41) is 133. The average molecular weight is 747 g/mol. The highest BCUT2D eigenvalue weighted by Crippen LogP contribution is 2.38. The zero-order valence-corrected chi connectivity index (χ0v) is 26.0. The van der Waals surface area contributed by atoms with Gasteiger partial charge in [-0.2, -0.15) is 8.42 Å². The number of rotatable bonds is 13. The summed E-state index contributed by atoms with van der Waals surface area (Å²) in [5.41, 5.74) is 0. The largest absolute Gasteiger partial charge is 0.397 e. The fraction of sp³-hybridized carbons (Fsp3) is 1.00. The number of aliphatic hydroxyl groups excluding tert-OH is 13. The molecule has 288 valence electrons. The Labute approximate surface area is 276 Å². The highest BCUT2D eigenvalue weighted by Gasteiger charge is 2.59. The molecule has 0 bridgehead atoms. The Morgan fingerprint density at radius 3 is 1.65 bits per heavy atom. The molecule has 0 radical (unpaired) electrons. The van der Waals surface area contributed by atoms with Crippen molar-refractivity contribution in [1.29, 1.82) is 0 Å². The van der Waals surface area contributed by atoms with E-state index in [1.807, 2.05) is 0 Å². The summed E-state index contributed by atoms with van der Waals surface area (Å²) < 4.78 is 73.4. The first-order valence-corrected chi connectivity index (χ1v) is 16.1. The Morgan fingerprint density at radius 1 is 0.571 bits per heavy atom. The molecule has 0 unspecified atom stereocenters. The molecular weight excluding hydrogens is 704 g/mol. The van der Waals surface area contributed by atoms with Crippen molar-refractivity contribution in [3.8, 4) is 0 Å². The fourth-order valence-electron chi connectivity index (χ4n) is 5.72. The van der Waals surface area contributed by atoms with E-state index in [9.17, 15) is 74.8 Å². The molecule has 14 N–H and O–H groups in total. The Bertz CT molecular complexity index is 1160. The van der Waals surface area contributed by atoms with Gasteiger partial charge in [-0.1, -0.05) is 0 Å². The molecule has 4 rings (SSSR count). The van der Waals surface area contributed by atoms with Gasteiger partial charge >= 0.3 is 10.4 Å². The summed E-state index contributed by atoms with van der Waals surface area (Å²) in [5.74, 6) is -2.54. The van der Waals surface area contributed by atoms with Gasteiger partial charge in [0.05, 0.1) is 26.4 Å². The van der Waals surface area contributed by atoms with Crippen LogP contribution in [-0.2, 0) is 47.7 Å². The SMILES string of the molecule is O=S(=O)(O)O[C@@H]1[C@H](O)[C@@H](O)[C@@H](OC[C@H]2O[C@H](O[C@H]3[C@@H](O[C@]4(CO)O[C@H](CO)[C@@H](O)[C@@H]4O)O[C@H](CO)[C@@H](O)[C@@H]3O)[C@H](O)[C@@H](O)[C@H]2O)O[C@@H]1CO. The van der Waals surface area contributed by atoms with Gasteiger partial charge in [0.1, 0.15) is 98.2 Å². The van der Waals surface area contributed by atoms with Gasteiger partial charge in [-0.05, 0) is 0 Å². The quantitative estimate of drug-likeness (QED) is 0.0778. The molecule has 4 fully saturated rings. The highest BCUT2D eigenvalue weighted by atomic mass is 32.3. The van der Waals surface area contributed by atoms with Crippen LogP contribution in [0.25, 0.3) is 0 Å². The van der Waals surface area contributed by atoms with Gasteiger partial charge in [0.25, 0.3) is 0 Å². The fourth-order valence-corrected chi connectivity index (χ4v) is 6.24. The van der Waals surface area contributed by atoms with Crippen molar-refractivity contribution in [2.45, 2.75) is 116 Å². The zero-order valence-electron chi connectivity index (χ0n) is 25.2.